The zero-order chi connectivity index (χ0) is 14.7. The summed E-state index contributed by atoms with van der Waals surface area (Å²) in [7, 11) is 1.17. The number of halogens is 2. The molecule has 1 aliphatic rings. The van der Waals surface area contributed by atoms with Crippen molar-refractivity contribution < 1.29 is 23.4 Å². The van der Waals surface area contributed by atoms with Crippen molar-refractivity contribution in [1.82, 2.24) is 4.90 Å². The van der Waals surface area contributed by atoms with Crippen molar-refractivity contribution in [1.29, 1.82) is 0 Å². The summed E-state index contributed by atoms with van der Waals surface area (Å²) in [6.45, 7) is 0.969. The van der Waals surface area contributed by atoms with Crippen molar-refractivity contribution in [3.05, 3.63) is 23.8 Å². The molecule has 1 aliphatic heterocycles. The molecule has 1 heterocycles. The number of benzene rings is 1. The molecule has 20 heavy (non-hydrogen) atoms. The van der Waals surface area contributed by atoms with Crippen LogP contribution in [0.15, 0.2) is 12.1 Å². The number of rotatable bonds is 3. The van der Waals surface area contributed by atoms with Crippen LogP contribution in [0.2, 0.25) is 0 Å². The normalized spacial score (nSPS) is 18.2. The lowest BCUT2D eigenvalue weighted by molar-refractivity contribution is 0.208. The number of aliphatic hydroxyl groups is 1. The Labute approximate surface area is 115 Å². The van der Waals surface area contributed by atoms with Crippen molar-refractivity contribution in [2.45, 2.75) is 6.42 Å². The lowest BCUT2D eigenvalue weighted by Gasteiger charge is -2.17. The lowest BCUT2D eigenvalue weighted by atomic mass is 10.1. The maximum absolute atomic E-state index is 13.5. The van der Waals surface area contributed by atoms with Crippen LogP contribution in [0.3, 0.4) is 0 Å². The molecule has 2 amide bonds. The van der Waals surface area contributed by atoms with E-state index in [0.29, 0.717) is 13.1 Å². The largest absolute Gasteiger partial charge is 0.491 e. The van der Waals surface area contributed by atoms with Crippen LogP contribution in [0.4, 0.5) is 19.3 Å². The number of hydrogen-bond donors (Lipinski definition) is 2. The predicted molar refractivity (Wildman–Crippen MR) is 68.7 cm³/mol. The van der Waals surface area contributed by atoms with Gasteiger partial charge in [-0.15, -0.1) is 0 Å². The van der Waals surface area contributed by atoms with Gasteiger partial charge in [0.05, 0.1) is 7.11 Å². The highest BCUT2D eigenvalue weighted by Gasteiger charge is 2.26. The summed E-state index contributed by atoms with van der Waals surface area (Å²) < 4.78 is 31.5. The second-order valence-electron chi connectivity index (χ2n) is 4.69. The van der Waals surface area contributed by atoms with Crippen molar-refractivity contribution in [2.75, 3.05) is 32.1 Å². The molecule has 1 saturated heterocycles. The van der Waals surface area contributed by atoms with E-state index >= 15 is 0 Å². The molecule has 1 fully saturated rings. The highest BCUT2D eigenvalue weighted by atomic mass is 19.1. The Morgan fingerprint density at radius 2 is 2.15 bits per heavy atom. The molecular formula is C13H16F2N2O3. The summed E-state index contributed by atoms with van der Waals surface area (Å²) in [5, 5.41) is 11.4. The van der Waals surface area contributed by atoms with Crippen LogP contribution in [-0.2, 0) is 0 Å². The van der Waals surface area contributed by atoms with Gasteiger partial charge in [-0.2, -0.15) is 0 Å². The van der Waals surface area contributed by atoms with E-state index in [1.807, 2.05) is 0 Å². The van der Waals surface area contributed by atoms with Crippen LogP contribution in [0.1, 0.15) is 6.42 Å². The van der Waals surface area contributed by atoms with Crippen LogP contribution in [0.5, 0.6) is 5.75 Å². The summed E-state index contributed by atoms with van der Waals surface area (Å²) in [6.07, 6.45) is 0.718. The molecule has 1 aromatic rings. The number of aliphatic hydroxyl groups excluding tert-OH is 1. The Morgan fingerprint density at radius 1 is 1.50 bits per heavy atom. The molecule has 0 aliphatic carbocycles. The lowest BCUT2D eigenvalue weighted by Crippen LogP contribution is -2.33. The Kier molecular flexibility index (Phi) is 4.39. The van der Waals surface area contributed by atoms with E-state index in [9.17, 15) is 13.6 Å². The smallest absolute Gasteiger partial charge is 0.321 e. The van der Waals surface area contributed by atoms with Crippen LogP contribution in [0.25, 0.3) is 0 Å². The minimum atomic E-state index is -0.877. The first kappa shape index (κ1) is 14.5. The van der Waals surface area contributed by atoms with E-state index in [1.54, 1.807) is 0 Å². The van der Waals surface area contributed by atoms with E-state index in [4.69, 9.17) is 5.11 Å². The number of carbonyl (C=O) groups excluding carboxylic acids is 1. The number of ether oxygens (including phenoxy) is 1. The molecule has 110 valence electrons. The zero-order valence-electron chi connectivity index (χ0n) is 11.0. The van der Waals surface area contributed by atoms with Crippen molar-refractivity contribution in [3.8, 4) is 5.75 Å². The number of nitrogens with one attached hydrogen (secondary N) is 1. The van der Waals surface area contributed by atoms with Gasteiger partial charge in [0.15, 0.2) is 17.4 Å². The molecule has 0 aromatic heterocycles. The predicted octanol–water partition coefficient (Wildman–Crippen LogP) is 1.82. The zero-order valence-corrected chi connectivity index (χ0v) is 11.0. The first-order valence-corrected chi connectivity index (χ1v) is 6.25. The third-order valence-corrected chi connectivity index (χ3v) is 3.28. The third-order valence-electron chi connectivity index (χ3n) is 3.28. The Balaban J connectivity index is 2.05. The van der Waals surface area contributed by atoms with Crippen molar-refractivity contribution in [3.63, 3.8) is 0 Å². The molecule has 2 N–H and O–H groups in total. The number of nitrogens with zero attached hydrogens (tertiary/aromatic N) is 1. The summed E-state index contributed by atoms with van der Waals surface area (Å²) in [5.74, 6) is -2.18. The van der Waals surface area contributed by atoms with Gasteiger partial charge >= 0.3 is 6.03 Å². The average molecular weight is 286 g/mol. The van der Waals surface area contributed by atoms with Crippen LogP contribution in [0, 0.1) is 17.6 Å². The molecule has 1 aromatic carbocycles. The Bertz CT molecular complexity index is 487. The van der Waals surface area contributed by atoms with Crippen molar-refractivity contribution >= 4 is 11.7 Å². The molecule has 2 rings (SSSR count). The number of likely N-dealkylation sites (tertiary alicyclic amines) is 1. The summed E-state index contributed by atoms with van der Waals surface area (Å²) in [6, 6.07) is 1.56. The highest BCUT2D eigenvalue weighted by Crippen LogP contribution is 2.26. The van der Waals surface area contributed by atoms with Gasteiger partial charge in [0.25, 0.3) is 0 Å². The second kappa shape index (κ2) is 6.04. The van der Waals surface area contributed by atoms with Gasteiger partial charge in [-0.25, -0.2) is 13.6 Å². The molecule has 0 spiro atoms. The van der Waals surface area contributed by atoms with Crippen molar-refractivity contribution in [2.24, 2.45) is 5.92 Å². The first-order valence-electron chi connectivity index (χ1n) is 6.25. The van der Waals surface area contributed by atoms with E-state index in [-0.39, 0.29) is 18.2 Å². The molecular weight excluding hydrogens is 270 g/mol. The molecule has 0 radical (unpaired) electrons. The number of urea groups is 1. The third kappa shape index (κ3) is 2.98. The molecule has 0 bridgehead atoms. The van der Waals surface area contributed by atoms with E-state index < -0.39 is 23.4 Å². The van der Waals surface area contributed by atoms with Gasteiger partial charge < -0.3 is 20.1 Å². The monoisotopic (exact) mass is 286 g/mol. The fraction of sp³-hybridized carbons (Fsp3) is 0.462. The molecule has 0 saturated carbocycles. The summed E-state index contributed by atoms with van der Waals surface area (Å²) >= 11 is 0. The fourth-order valence-electron chi connectivity index (χ4n) is 2.20. The van der Waals surface area contributed by atoms with Gasteiger partial charge in [-0.1, -0.05) is 0 Å². The standard InChI is InChI=1S/C13H16F2N2O3/c1-20-12-10(14)4-9(5-11(12)15)16-13(19)17-3-2-8(6-17)7-18/h4-5,8,18H,2-3,6-7H2,1H3,(H,16,19). The van der Waals surface area contributed by atoms with E-state index in [0.717, 1.165) is 18.6 Å². The minimum Gasteiger partial charge on any atom is -0.491 e. The summed E-state index contributed by atoms with van der Waals surface area (Å²) in [4.78, 5) is 13.4. The van der Waals surface area contributed by atoms with Crippen LogP contribution in [-0.4, -0.2) is 42.8 Å². The van der Waals surface area contributed by atoms with Gasteiger partial charge in [-0.05, 0) is 6.42 Å². The number of carbonyl (C=O) groups is 1. The van der Waals surface area contributed by atoms with E-state index in [1.165, 1.54) is 12.0 Å². The van der Waals surface area contributed by atoms with Crippen LogP contribution >= 0.6 is 0 Å². The average Bonchev–Trinajstić information content (AvgIpc) is 2.87. The number of methoxy groups -OCH3 is 1. The SMILES string of the molecule is COc1c(F)cc(NC(=O)N2CCC(CO)C2)cc1F. The second-order valence-corrected chi connectivity index (χ2v) is 4.69. The highest BCUT2D eigenvalue weighted by molar-refractivity contribution is 5.89. The van der Waals surface area contributed by atoms with Gasteiger partial charge in [0.2, 0.25) is 0 Å². The van der Waals surface area contributed by atoms with E-state index in [2.05, 4.69) is 10.1 Å². The van der Waals surface area contributed by atoms with Gasteiger partial charge in [-0.3, -0.25) is 0 Å². The summed E-state index contributed by atoms with van der Waals surface area (Å²) in [5.41, 5.74) is 0.0262. The number of anilines is 1. The Hall–Kier alpha value is -1.89. The Morgan fingerprint density at radius 3 is 2.65 bits per heavy atom. The maximum atomic E-state index is 13.5. The topological polar surface area (TPSA) is 61.8 Å². The number of amides is 2. The molecule has 1 atom stereocenters. The minimum absolute atomic E-state index is 0.0234. The molecule has 5 nitrogen and oxygen atoms in total. The maximum Gasteiger partial charge on any atom is 0.321 e. The van der Waals surface area contributed by atoms with Crippen LogP contribution < -0.4 is 10.1 Å². The van der Waals surface area contributed by atoms with Gasteiger partial charge in [0, 0.05) is 43.4 Å². The fourth-order valence-corrected chi connectivity index (χ4v) is 2.20. The van der Waals surface area contributed by atoms with Gasteiger partial charge in [0.1, 0.15) is 0 Å². The molecule has 1 unspecified atom stereocenters. The number of hydrogen-bond acceptors (Lipinski definition) is 3. The molecule has 7 heteroatoms. The first-order chi connectivity index (χ1) is 9.55. The quantitative estimate of drug-likeness (QED) is 0.891.